The average Bonchev–Trinajstić information content (AvgIpc) is 2.89. The fourth-order valence-electron chi connectivity index (χ4n) is 4.76. The molecule has 0 unspecified atom stereocenters. The van der Waals surface area contributed by atoms with Gasteiger partial charge in [0.05, 0.1) is 6.61 Å². The monoisotopic (exact) mass is 514 g/mol. The predicted octanol–water partition coefficient (Wildman–Crippen LogP) is 8.02. The highest BCUT2D eigenvalue weighted by Gasteiger charge is 2.07. The van der Waals surface area contributed by atoms with E-state index >= 15 is 0 Å². The standard InChI is InChI=1S/C31H62O5/c32-27-25-23-21-19-17-15-13-11-9-7-5-3-1-2-4-6-8-10-12-14-16-18-20-22-24-26-31(35)36-29-30(34)28-33/h30,32-34H,1-29H2/t30-/m1/s1. The number of aliphatic hydroxyl groups excluding tert-OH is 3. The van der Waals surface area contributed by atoms with Crippen LogP contribution in [0, 0.1) is 0 Å². The van der Waals surface area contributed by atoms with E-state index in [2.05, 4.69) is 0 Å². The van der Waals surface area contributed by atoms with Gasteiger partial charge in [-0.3, -0.25) is 4.79 Å². The Morgan fingerprint density at radius 2 is 0.750 bits per heavy atom. The smallest absolute Gasteiger partial charge is 0.305 e. The summed E-state index contributed by atoms with van der Waals surface area (Å²) in [5.41, 5.74) is 0. The number of rotatable bonds is 30. The summed E-state index contributed by atoms with van der Waals surface area (Å²) in [5, 5.41) is 26.6. The van der Waals surface area contributed by atoms with Gasteiger partial charge in [0, 0.05) is 13.0 Å². The zero-order chi connectivity index (χ0) is 26.4. The third-order valence-corrected chi connectivity index (χ3v) is 7.19. The van der Waals surface area contributed by atoms with Gasteiger partial charge in [0.2, 0.25) is 0 Å². The normalized spacial score (nSPS) is 12.2. The molecule has 0 saturated carbocycles. The minimum Gasteiger partial charge on any atom is -0.463 e. The molecule has 0 bridgehead atoms. The molecule has 216 valence electrons. The summed E-state index contributed by atoms with van der Waals surface area (Å²) in [4.78, 5) is 11.5. The zero-order valence-electron chi connectivity index (χ0n) is 23.7. The quantitative estimate of drug-likeness (QED) is 0.0667. The minimum atomic E-state index is -0.960. The molecule has 1 atom stereocenters. The van der Waals surface area contributed by atoms with Crippen LogP contribution in [0.3, 0.4) is 0 Å². The molecule has 0 aliphatic carbocycles. The summed E-state index contributed by atoms with van der Waals surface area (Å²) >= 11 is 0. The van der Waals surface area contributed by atoms with Crippen molar-refractivity contribution in [1.29, 1.82) is 0 Å². The second-order valence-corrected chi connectivity index (χ2v) is 10.8. The van der Waals surface area contributed by atoms with Crippen LogP contribution in [-0.4, -0.2) is 47.2 Å². The van der Waals surface area contributed by atoms with Crippen LogP contribution in [0.2, 0.25) is 0 Å². The van der Waals surface area contributed by atoms with Crippen molar-refractivity contribution in [3.05, 3.63) is 0 Å². The van der Waals surface area contributed by atoms with Crippen LogP contribution in [0.15, 0.2) is 0 Å². The molecule has 5 heteroatoms. The fourth-order valence-corrected chi connectivity index (χ4v) is 4.76. The Kier molecular flexibility index (Phi) is 30.0. The van der Waals surface area contributed by atoms with Gasteiger partial charge in [-0.15, -0.1) is 0 Å². The molecule has 3 N–H and O–H groups in total. The summed E-state index contributed by atoms with van der Waals surface area (Å²) in [7, 11) is 0. The lowest BCUT2D eigenvalue weighted by molar-refractivity contribution is -0.147. The van der Waals surface area contributed by atoms with Gasteiger partial charge in [0.15, 0.2) is 0 Å². The number of carbonyl (C=O) groups excluding carboxylic acids is 1. The highest BCUT2D eigenvalue weighted by molar-refractivity contribution is 5.69. The molecular formula is C31H62O5. The second-order valence-electron chi connectivity index (χ2n) is 10.8. The van der Waals surface area contributed by atoms with Crippen LogP contribution in [0.5, 0.6) is 0 Å². The molecule has 0 saturated heterocycles. The highest BCUT2D eigenvalue weighted by Crippen LogP contribution is 2.16. The number of carbonyl (C=O) groups is 1. The SMILES string of the molecule is O=C(CCCCCCCCCCCCCCCCCCCCCCCCCCCO)OC[C@H](O)CO. The number of unbranched alkanes of at least 4 members (excludes halogenated alkanes) is 24. The molecule has 0 aliphatic heterocycles. The minimum absolute atomic E-state index is 0.107. The van der Waals surface area contributed by atoms with Crippen molar-refractivity contribution < 1.29 is 24.9 Å². The van der Waals surface area contributed by atoms with E-state index in [-0.39, 0.29) is 19.2 Å². The zero-order valence-corrected chi connectivity index (χ0v) is 23.7. The molecule has 0 fully saturated rings. The average molecular weight is 515 g/mol. The third-order valence-electron chi connectivity index (χ3n) is 7.19. The van der Waals surface area contributed by atoms with Crippen molar-refractivity contribution >= 4 is 5.97 Å². The van der Waals surface area contributed by atoms with Crippen molar-refractivity contribution in [3.8, 4) is 0 Å². The molecule has 0 aromatic carbocycles. The van der Waals surface area contributed by atoms with Gasteiger partial charge in [-0.25, -0.2) is 0 Å². The molecule has 0 heterocycles. The number of esters is 1. The van der Waals surface area contributed by atoms with Crippen molar-refractivity contribution in [1.82, 2.24) is 0 Å². The second kappa shape index (κ2) is 30.6. The van der Waals surface area contributed by atoms with Crippen molar-refractivity contribution in [2.45, 2.75) is 173 Å². The van der Waals surface area contributed by atoms with Gasteiger partial charge in [0.25, 0.3) is 0 Å². The van der Waals surface area contributed by atoms with E-state index in [4.69, 9.17) is 20.1 Å². The Morgan fingerprint density at radius 3 is 1.03 bits per heavy atom. The van der Waals surface area contributed by atoms with E-state index in [1.165, 1.54) is 141 Å². The lowest BCUT2D eigenvalue weighted by atomic mass is 10.0. The molecule has 0 aliphatic rings. The number of ether oxygens (including phenoxy) is 1. The van der Waals surface area contributed by atoms with E-state index in [0.717, 1.165) is 19.3 Å². The number of hydrogen-bond donors (Lipinski definition) is 3. The van der Waals surface area contributed by atoms with Crippen LogP contribution in [-0.2, 0) is 9.53 Å². The van der Waals surface area contributed by atoms with Crippen molar-refractivity contribution in [2.24, 2.45) is 0 Å². The van der Waals surface area contributed by atoms with Crippen LogP contribution in [0.25, 0.3) is 0 Å². The summed E-state index contributed by atoms with van der Waals surface area (Å²) in [6.45, 7) is -0.121. The maximum Gasteiger partial charge on any atom is 0.305 e. The first-order valence-corrected chi connectivity index (χ1v) is 15.8. The molecular weight excluding hydrogens is 452 g/mol. The van der Waals surface area contributed by atoms with Crippen LogP contribution < -0.4 is 0 Å². The van der Waals surface area contributed by atoms with Gasteiger partial charge in [-0.2, -0.15) is 0 Å². The van der Waals surface area contributed by atoms with Gasteiger partial charge in [0.1, 0.15) is 12.7 Å². The fraction of sp³-hybridized carbons (Fsp3) is 0.968. The lowest BCUT2D eigenvalue weighted by Crippen LogP contribution is -2.21. The Hall–Kier alpha value is -0.650. The summed E-state index contributed by atoms with van der Waals surface area (Å²) in [6.07, 6.45) is 32.4. The third kappa shape index (κ3) is 29.6. The molecule has 0 aromatic heterocycles. The van der Waals surface area contributed by atoms with Crippen molar-refractivity contribution in [2.75, 3.05) is 19.8 Å². The maximum atomic E-state index is 11.5. The molecule has 0 rings (SSSR count). The van der Waals surface area contributed by atoms with Gasteiger partial charge < -0.3 is 20.1 Å². The van der Waals surface area contributed by atoms with Gasteiger partial charge in [-0.1, -0.05) is 148 Å². The molecule has 0 aromatic rings. The predicted molar refractivity (Wildman–Crippen MR) is 151 cm³/mol. The molecule has 0 spiro atoms. The Bertz CT molecular complexity index is 429. The van der Waals surface area contributed by atoms with E-state index in [0.29, 0.717) is 13.0 Å². The summed E-state index contributed by atoms with van der Waals surface area (Å²) in [6, 6.07) is 0. The lowest BCUT2D eigenvalue weighted by Gasteiger charge is -2.08. The van der Waals surface area contributed by atoms with E-state index in [1.54, 1.807) is 0 Å². The van der Waals surface area contributed by atoms with E-state index in [1.807, 2.05) is 0 Å². The Balaban J connectivity index is 3.09. The summed E-state index contributed by atoms with van der Waals surface area (Å²) in [5.74, 6) is -0.276. The molecule has 0 amide bonds. The van der Waals surface area contributed by atoms with E-state index in [9.17, 15) is 4.79 Å². The molecule has 36 heavy (non-hydrogen) atoms. The van der Waals surface area contributed by atoms with Crippen LogP contribution in [0.1, 0.15) is 167 Å². The molecule has 5 nitrogen and oxygen atoms in total. The molecule has 0 radical (unpaired) electrons. The highest BCUT2D eigenvalue weighted by atomic mass is 16.5. The van der Waals surface area contributed by atoms with Crippen LogP contribution in [0.4, 0.5) is 0 Å². The van der Waals surface area contributed by atoms with Crippen molar-refractivity contribution in [3.63, 3.8) is 0 Å². The first-order chi connectivity index (χ1) is 17.7. The topological polar surface area (TPSA) is 87.0 Å². The first kappa shape index (κ1) is 35.4. The van der Waals surface area contributed by atoms with Gasteiger partial charge in [-0.05, 0) is 12.8 Å². The first-order valence-electron chi connectivity index (χ1n) is 15.8. The Labute approximate surface area is 223 Å². The van der Waals surface area contributed by atoms with E-state index < -0.39 is 6.10 Å². The Morgan fingerprint density at radius 1 is 0.472 bits per heavy atom. The largest absolute Gasteiger partial charge is 0.463 e. The van der Waals surface area contributed by atoms with Crippen LogP contribution >= 0.6 is 0 Å². The number of hydrogen-bond acceptors (Lipinski definition) is 5. The van der Waals surface area contributed by atoms with Gasteiger partial charge >= 0.3 is 5.97 Å². The number of aliphatic hydroxyl groups is 3. The maximum absolute atomic E-state index is 11.5. The summed E-state index contributed by atoms with van der Waals surface area (Å²) < 4.78 is 4.90.